The molecule has 0 bridgehead atoms. The average Bonchev–Trinajstić information content (AvgIpc) is 2.03. The van der Waals surface area contributed by atoms with E-state index in [2.05, 4.69) is 4.74 Å². The molecule has 4 heteroatoms. The molecular weight excluding hydrogens is 166 g/mol. The Kier molecular flexibility index (Phi) is 6.03. The van der Waals surface area contributed by atoms with E-state index >= 15 is 0 Å². The Labute approximate surface area is 72.3 Å². The molecule has 0 atom stereocenters. The van der Waals surface area contributed by atoms with Crippen LogP contribution in [0.5, 0.6) is 0 Å². The number of methoxy groups -OCH3 is 1. The fourth-order valence-corrected chi connectivity index (χ4v) is 0.999. The minimum atomic E-state index is -0.299. The number of halogens is 1. The normalized spacial score (nSPS) is 9.36. The van der Waals surface area contributed by atoms with Gasteiger partial charge in [0, 0.05) is 19.0 Å². The summed E-state index contributed by atoms with van der Waals surface area (Å²) in [6, 6.07) is 0. The van der Waals surface area contributed by atoms with Crippen LogP contribution in [0, 0.1) is 0 Å². The number of carbonyl (C=O) groups is 1. The maximum absolute atomic E-state index is 10.9. The van der Waals surface area contributed by atoms with Crippen molar-refractivity contribution in [2.24, 2.45) is 0 Å². The lowest BCUT2D eigenvalue weighted by Crippen LogP contribution is -2.33. The van der Waals surface area contributed by atoms with Gasteiger partial charge in [-0.25, -0.2) is 4.79 Å². The molecule has 0 aliphatic heterocycles. The molecule has 0 aromatic carbocycles. The molecule has 1 amide bonds. The zero-order valence-corrected chi connectivity index (χ0v) is 7.73. The number of carbonyl (C=O) groups excluding carboxylic acids is 1. The van der Waals surface area contributed by atoms with E-state index in [-0.39, 0.29) is 6.09 Å². The Morgan fingerprint density at radius 3 is 2.55 bits per heavy atom. The number of ether oxygens (including phenoxy) is 1. The Hall–Kier alpha value is -0.440. The van der Waals surface area contributed by atoms with Crippen molar-refractivity contribution in [3.63, 3.8) is 0 Å². The third kappa shape index (κ3) is 4.09. The monoisotopic (exact) mass is 179 g/mol. The fraction of sp³-hybridized carbons (Fsp3) is 0.857. The molecule has 0 spiro atoms. The summed E-state index contributed by atoms with van der Waals surface area (Å²) in [5, 5.41) is 0. The van der Waals surface area contributed by atoms with E-state index in [0.29, 0.717) is 19.0 Å². The lowest BCUT2D eigenvalue weighted by Gasteiger charge is -2.18. The van der Waals surface area contributed by atoms with Crippen molar-refractivity contribution in [3.8, 4) is 0 Å². The van der Waals surface area contributed by atoms with Crippen molar-refractivity contribution in [3.05, 3.63) is 0 Å². The number of alkyl halides is 1. The van der Waals surface area contributed by atoms with Gasteiger partial charge in [-0.05, 0) is 6.42 Å². The predicted molar refractivity (Wildman–Crippen MR) is 45.0 cm³/mol. The van der Waals surface area contributed by atoms with E-state index < -0.39 is 0 Å². The van der Waals surface area contributed by atoms with Gasteiger partial charge >= 0.3 is 6.09 Å². The van der Waals surface area contributed by atoms with Gasteiger partial charge in [-0.15, -0.1) is 11.6 Å². The SMILES string of the molecule is CCCN(CCCl)C(=O)OC. The molecule has 0 radical (unpaired) electrons. The van der Waals surface area contributed by atoms with Crippen LogP contribution in [0.15, 0.2) is 0 Å². The summed E-state index contributed by atoms with van der Waals surface area (Å²) in [6.45, 7) is 3.27. The maximum Gasteiger partial charge on any atom is 0.409 e. The van der Waals surface area contributed by atoms with Crippen LogP contribution in [-0.4, -0.2) is 37.1 Å². The highest BCUT2D eigenvalue weighted by Crippen LogP contribution is 1.95. The molecule has 11 heavy (non-hydrogen) atoms. The van der Waals surface area contributed by atoms with Crippen LogP contribution in [0.4, 0.5) is 4.79 Å². The predicted octanol–water partition coefficient (Wildman–Crippen LogP) is 1.70. The van der Waals surface area contributed by atoms with Crippen molar-refractivity contribution >= 4 is 17.7 Å². The molecule has 0 unspecified atom stereocenters. The molecule has 0 aliphatic rings. The minimum absolute atomic E-state index is 0.299. The molecule has 0 saturated carbocycles. The molecule has 0 N–H and O–H groups in total. The second-order valence-corrected chi connectivity index (χ2v) is 2.52. The van der Waals surface area contributed by atoms with E-state index in [9.17, 15) is 4.79 Å². The van der Waals surface area contributed by atoms with Crippen LogP contribution in [0.3, 0.4) is 0 Å². The molecular formula is C7H14ClNO2. The van der Waals surface area contributed by atoms with Crippen LogP contribution < -0.4 is 0 Å². The highest BCUT2D eigenvalue weighted by Gasteiger charge is 2.10. The van der Waals surface area contributed by atoms with Gasteiger partial charge in [0.2, 0.25) is 0 Å². The maximum atomic E-state index is 10.9. The zero-order chi connectivity index (χ0) is 8.69. The first-order valence-electron chi connectivity index (χ1n) is 3.65. The quantitative estimate of drug-likeness (QED) is 0.615. The summed E-state index contributed by atoms with van der Waals surface area (Å²) in [5.41, 5.74) is 0. The Balaban J connectivity index is 3.76. The summed E-state index contributed by atoms with van der Waals surface area (Å²) in [6.07, 6.45) is 0.624. The first kappa shape index (κ1) is 10.6. The van der Waals surface area contributed by atoms with E-state index in [1.807, 2.05) is 6.92 Å². The number of hydrogen-bond acceptors (Lipinski definition) is 2. The van der Waals surface area contributed by atoms with Crippen LogP contribution in [-0.2, 0) is 4.74 Å². The van der Waals surface area contributed by atoms with Crippen molar-refractivity contribution in [2.75, 3.05) is 26.1 Å². The third-order valence-electron chi connectivity index (χ3n) is 1.28. The molecule has 66 valence electrons. The van der Waals surface area contributed by atoms with Gasteiger partial charge < -0.3 is 9.64 Å². The second-order valence-electron chi connectivity index (χ2n) is 2.15. The van der Waals surface area contributed by atoms with Crippen molar-refractivity contribution in [1.82, 2.24) is 4.90 Å². The number of nitrogens with zero attached hydrogens (tertiary/aromatic N) is 1. The average molecular weight is 180 g/mol. The molecule has 0 heterocycles. The van der Waals surface area contributed by atoms with Gasteiger partial charge in [0.15, 0.2) is 0 Å². The van der Waals surface area contributed by atoms with Crippen LogP contribution >= 0.6 is 11.6 Å². The van der Waals surface area contributed by atoms with Gasteiger partial charge in [0.1, 0.15) is 0 Å². The van der Waals surface area contributed by atoms with Gasteiger partial charge in [-0.2, -0.15) is 0 Å². The van der Waals surface area contributed by atoms with E-state index in [4.69, 9.17) is 11.6 Å². The summed E-state index contributed by atoms with van der Waals surface area (Å²) in [7, 11) is 1.37. The Bertz CT molecular complexity index is 113. The van der Waals surface area contributed by atoms with Gasteiger partial charge in [0.05, 0.1) is 7.11 Å². The van der Waals surface area contributed by atoms with Crippen LogP contribution in [0.2, 0.25) is 0 Å². The molecule has 0 aromatic rings. The second kappa shape index (κ2) is 6.28. The number of rotatable bonds is 4. The van der Waals surface area contributed by atoms with E-state index in [0.717, 1.165) is 6.42 Å². The lowest BCUT2D eigenvalue weighted by atomic mass is 10.4. The zero-order valence-electron chi connectivity index (χ0n) is 6.97. The van der Waals surface area contributed by atoms with Gasteiger partial charge in [-0.3, -0.25) is 0 Å². The highest BCUT2D eigenvalue weighted by molar-refractivity contribution is 6.18. The molecule has 0 saturated heterocycles. The van der Waals surface area contributed by atoms with Gasteiger partial charge in [-0.1, -0.05) is 6.92 Å². The Morgan fingerprint density at radius 2 is 2.18 bits per heavy atom. The number of amides is 1. The summed E-state index contributed by atoms with van der Waals surface area (Å²) >= 11 is 5.48. The van der Waals surface area contributed by atoms with Gasteiger partial charge in [0.25, 0.3) is 0 Å². The van der Waals surface area contributed by atoms with Crippen molar-refractivity contribution in [1.29, 1.82) is 0 Å². The molecule has 0 aromatic heterocycles. The fourth-order valence-electron chi connectivity index (χ4n) is 0.795. The van der Waals surface area contributed by atoms with E-state index in [1.165, 1.54) is 7.11 Å². The first-order valence-corrected chi connectivity index (χ1v) is 4.18. The third-order valence-corrected chi connectivity index (χ3v) is 1.45. The summed E-state index contributed by atoms with van der Waals surface area (Å²) in [4.78, 5) is 12.5. The summed E-state index contributed by atoms with van der Waals surface area (Å²) < 4.78 is 4.55. The molecule has 0 rings (SSSR count). The largest absolute Gasteiger partial charge is 0.453 e. The number of hydrogen-bond donors (Lipinski definition) is 0. The van der Waals surface area contributed by atoms with Crippen molar-refractivity contribution < 1.29 is 9.53 Å². The Morgan fingerprint density at radius 1 is 1.55 bits per heavy atom. The summed E-state index contributed by atoms with van der Waals surface area (Å²) in [5.74, 6) is 0.453. The van der Waals surface area contributed by atoms with Crippen LogP contribution in [0.1, 0.15) is 13.3 Å². The van der Waals surface area contributed by atoms with E-state index in [1.54, 1.807) is 4.90 Å². The van der Waals surface area contributed by atoms with Crippen molar-refractivity contribution in [2.45, 2.75) is 13.3 Å². The van der Waals surface area contributed by atoms with Crippen LogP contribution in [0.25, 0.3) is 0 Å². The standard InChI is InChI=1S/C7H14ClNO2/c1-3-5-9(6-4-8)7(10)11-2/h3-6H2,1-2H3. The first-order chi connectivity index (χ1) is 5.26. The molecule has 0 fully saturated rings. The molecule has 3 nitrogen and oxygen atoms in total. The lowest BCUT2D eigenvalue weighted by molar-refractivity contribution is 0.126. The highest BCUT2D eigenvalue weighted by atomic mass is 35.5. The smallest absolute Gasteiger partial charge is 0.409 e. The molecule has 0 aliphatic carbocycles. The topological polar surface area (TPSA) is 29.5 Å². The minimum Gasteiger partial charge on any atom is -0.453 e.